The fourth-order valence-corrected chi connectivity index (χ4v) is 2.00. The van der Waals surface area contributed by atoms with Crippen LogP contribution < -0.4 is 5.32 Å². The van der Waals surface area contributed by atoms with Gasteiger partial charge in [-0.1, -0.05) is 13.3 Å². The van der Waals surface area contributed by atoms with Gasteiger partial charge in [0.1, 0.15) is 0 Å². The van der Waals surface area contributed by atoms with Crippen molar-refractivity contribution in [2.45, 2.75) is 45.1 Å². The number of rotatable bonds is 4. The number of carbonyl (C=O) groups excluding carboxylic acids is 1. The van der Waals surface area contributed by atoms with Crippen LogP contribution in [-0.2, 0) is 4.79 Å². The van der Waals surface area contributed by atoms with E-state index in [0.717, 1.165) is 38.8 Å². The molecule has 3 nitrogen and oxygen atoms in total. The summed E-state index contributed by atoms with van der Waals surface area (Å²) in [6.07, 6.45) is 4.33. The van der Waals surface area contributed by atoms with Gasteiger partial charge in [0.05, 0.1) is 5.54 Å². The summed E-state index contributed by atoms with van der Waals surface area (Å²) in [4.78, 5) is 13.9. The normalized spacial score (nSPS) is 26.5. The monoisotopic (exact) mass is 198 g/mol. The van der Waals surface area contributed by atoms with Gasteiger partial charge in [0.15, 0.2) is 0 Å². The molecule has 0 aromatic rings. The first-order chi connectivity index (χ1) is 6.60. The number of nitrogens with zero attached hydrogens (tertiary/aromatic N) is 1. The zero-order valence-corrected chi connectivity index (χ0v) is 9.60. The third kappa shape index (κ3) is 2.47. The smallest absolute Gasteiger partial charge is 0.242 e. The van der Waals surface area contributed by atoms with Crippen LogP contribution in [0.15, 0.2) is 0 Å². The first-order valence-electron chi connectivity index (χ1n) is 5.61. The molecular weight excluding hydrogens is 176 g/mol. The van der Waals surface area contributed by atoms with Gasteiger partial charge in [0.25, 0.3) is 0 Å². The zero-order valence-electron chi connectivity index (χ0n) is 9.60. The van der Waals surface area contributed by atoms with E-state index < -0.39 is 0 Å². The molecule has 1 aliphatic heterocycles. The molecule has 1 heterocycles. The van der Waals surface area contributed by atoms with Gasteiger partial charge in [-0.25, -0.2) is 0 Å². The number of amides is 1. The summed E-state index contributed by atoms with van der Waals surface area (Å²) in [6.45, 7) is 6.02. The summed E-state index contributed by atoms with van der Waals surface area (Å²) in [5, 5.41) is 3.30. The number of hydrogen-bond donors (Lipinski definition) is 1. The SMILES string of the molecule is CCCCN(C)C(=O)C1(C)CCCN1. The number of hydrogen-bond acceptors (Lipinski definition) is 2. The summed E-state index contributed by atoms with van der Waals surface area (Å²) in [6, 6.07) is 0. The van der Waals surface area contributed by atoms with E-state index in [1.54, 1.807) is 0 Å². The molecule has 1 amide bonds. The highest BCUT2D eigenvalue weighted by molar-refractivity contribution is 5.86. The van der Waals surface area contributed by atoms with E-state index in [4.69, 9.17) is 0 Å². The molecule has 1 unspecified atom stereocenters. The average Bonchev–Trinajstić information content (AvgIpc) is 2.61. The number of likely N-dealkylation sites (N-methyl/N-ethyl adjacent to an activating group) is 1. The Morgan fingerprint density at radius 2 is 2.29 bits per heavy atom. The van der Waals surface area contributed by atoms with Crippen LogP contribution >= 0.6 is 0 Å². The highest BCUT2D eigenvalue weighted by Gasteiger charge is 2.37. The molecule has 82 valence electrons. The summed E-state index contributed by atoms with van der Waals surface area (Å²) >= 11 is 0. The highest BCUT2D eigenvalue weighted by atomic mass is 16.2. The topological polar surface area (TPSA) is 32.3 Å². The molecule has 1 aliphatic rings. The van der Waals surface area contributed by atoms with Crippen molar-refractivity contribution >= 4 is 5.91 Å². The average molecular weight is 198 g/mol. The van der Waals surface area contributed by atoms with Crippen molar-refractivity contribution in [2.24, 2.45) is 0 Å². The maximum atomic E-state index is 12.0. The molecule has 0 bridgehead atoms. The molecule has 1 saturated heterocycles. The minimum Gasteiger partial charge on any atom is -0.344 e. The molecule has 0 aromatic heterocycles. The number of nitrogens with one attached hydrogen (secondary N) is 1. The van der Waals surface area contributed by atoms with E-state index in [-0.39, 0.29) is 11.4 Å². The minimum absolute atomic E-state index is 0.253. The van der Waals surface area contributed by atoms with E-state index in [2.05, 4.69) is 12.2 Å². The number of carbonyl (C=O) groups is 1. The van der Waals surface area contributed by atoms with Crippen molar-refractivity contribution in [3.8, 4) is 0 Å². The van der Waals surface area contributed by atoms with Gasteiger partial charge >= 0.3 is 0 Å². The third-order valence-electron chi connectivity index (χ3n) is 3.03. The van der Waals surface area contributed by atoms with Gasteiger partial charge in [-0.05, 0) is 32.7 Å². The van der Waals surface area contributed by atoms with Crippen molar-refractivity contribution < 1.29 is 4.79 Å². The predicted octanol–water partition coefficient (Wildman–Crippen LogP) is 1.39. The lowest BCUT2D eigenvalue weighted by Gasteiger charge is -2.29. The molecule has 0 aliphatic carbocycles. The Bertz CT molecular complexity index is 197. The Labute approximate surface area is 86.9 Å². The zero-order chi connectivity index (χ0) is 10.6. The molecule has 3 heteroatoms. The second-order valence-electron chi connectivity index (χ2n) is 4.44. The molecule has 0 aromatic carbocycles. The first-order valence-corrected chi connectivity index (χ1v) is 5.61. The van der Waals surface area contributed by atoms with Gasteiger partial charge in [0, 0.05) is 13.6 Å². The Kier molecular flexibility index (Phi) is 3.93. The van der Waals surface area contributed by atoms with Gasteiger partial charge in [-0.3, -0.25) is 4.79 Å². The minimum atomic E-state index is -0.289. The van der Waals surface area contributed by atoms with E-state index >= 15 is 0 Å². The lowest BCUT2D eigenvalue weighted by atomic mass is 9.98. The fourth-order valence-electron chi connectivity index (χ4n) is 2.00. The number of unbranched alkanes of at least 4 members (excludes halogenated alkanes) is 1. The predicted molar refractivity (Wildman–Crippen MR) is 58.2 cm³/mol. The van der Waals surface area contributed by atoms with Crippen molar-refractivity contribution in [3.05, 3.63) is 0 Å². The molecular formula is C11H22N2O. The third-order valence-corrected chi connectivity index (χ3v) is 3.03. The molecule has 0 spiro atoms. The molecule has 0 radical (unpaired) electrons. The lowest BCUT2D eigenvalue weighted by molar-refractivity contribution is -0.135. The molecule has 1 fully saturated rings. The second-order valence-corrected chi connectivity index (χ2v) is 4.44. The maximum Gasteiger partial charge on any atom is 0.242 e. The Morgan fingerprint density at radius 1 is 1.57 bits per heavy atom. The Hall–Kier alpha value is -0.570. The van der Waals surface area contributed by atoms with Gasteiger partial charge in [-0.15, -0.1) is 0 Å². The molecule has 1 N–H and O–H groups in total. The van der Waals surface area contributed by atoms with Crippen LogP contribution in [0.3, 0.4) is 0 Å². The van der Waals surface area contributed by atoms with Crippen molar-refractivity contribution in [2.75, 3.05) is 20.1 Å². The van der Waals surface area contributed by atoms with Gasteiger partial charge < -0.3 is 10.2 Å². The maximum absolute atomic E-state index is 12.0. The van der Waals surface area contributed by atoms with Gasteiger partial charge in [-0.2, -0.15) is 0 Å². The van der Waals surface area contributed by atoms with Crippen molar-refractivity contribution in [1.29, 1.82) is 0 Å². The molecule has 1 atom stereocenters. The molecule has 1 rings (SSSR count). The standard InChI is InChI=1S/C11H22N2O/c1-4-5-9-13(3)10(14)11(2)7-6-8-12-11/h12H,4-9H2,1-3H3. The quantitative estimate of drug-likeness (QED) is 0.740. The summed E-state index contributed by atoms with van der Waals surface area (Å²) < 4.78 is 0. The van der Waals surface area contributed by atoms with Crippen molar-refractivity contribution in [3.63, 3.8) is 0 Å². The van der Waals surface area contributed by atoms with Gasteiger partial charge in [0.2, 0.25) is 5.91 Å². The second kappa shape index (κ2) is 4.78. The van der Waals surface area contributed by atoms with E-state index in [0.29, 0.717) is 0 Å². The van der Waals surface area contributed by atoms with Crippen LogP contribution in [0.25, 0.3) is 0 Å². The molecule has 14 heavy (non-hydrogen) atoms. The van der Waals surface area contributed by atoms with Crippen LogP contribution in [0, 0.1) is 0 Å². The Balaban J connectivity index is 2.46. The van der Waals surface area contributed by atoms with Crippen LogP contribution in [0.5, 0.6) is 0 Å². The molecule has 0 saturated carbocycles. The summed E-state index contributed by atoms with van der Waals surface area (Å²) in [5.74, 6) is 0.253. The fraction of sp³-hybridized carbons (Fsp3) is 0.909. The summed E-state index contributed by atoms with van der Waals surface area (Å²) in [5.41, 5.74) is -0.289. The van der Waals surface area contributed by atoms with Crippen LogP contribution in [-0.4, -0.2) is 36.5 Å². The van der Waals surface area contributed by atoms with Crippen LogP contribution in [0.1, 0.15) is 39.5 Å². The Morgan fingerprint density at radius 3 is 2.79 bits per heavy atom. The highest BCUT2D eigenvalue weighted by Crippen LogP contribution is 2.20. The van der Waals surface area contributed by atoms with E-state index in [9.17, 15) is 4.79 Å². The van der Waals surface area contributed by atoms with Crippen LogP contribution in [0.2, 0.25) is 0 Å². The van der Waals surface area contributed by atoms with Crippen molar-refractivity contribution in [1.82, 2.24) is 10.2 Å². The lowest BCUT2D eigenvalue weighted by Crippen LogP contribution is -2.51. The summed E-state index contributed by atoms with van der Waals surface area (Å²) in [7, 11) is 1.91. The van der Waals surface area contributed by atoms with Crippen LogP contribution in [0.4, 0.5) is 0 Å². The largest absolute Gasteiger partial charge is 0.344 e. The first kappa shape index (κ1) is 11.5. The van der Waals surface area contributed by atoms with E-state index in [1.165, 1.54) is 0 Å². The van der Waals surface area contributed by atoms with E-state index in [1.807, 2.05) is 18.9 Å².